The molecule has 0 saturated carbocycles. The fraction of sp³-hybridized carbons (Fsp3) is 0.214. The molecule has 2 heterocycles. The third kappa shape index (κ3) is 2.87. The summed E-state index contributed by atoms with van der Waals surface area (Å²) < 4.78 is 14.0. The molecular weight excluding hydrogens is 309 g/mol. The molecule has 0 radical (unpaired) electrons. The van der Waals surface area contributed by atoms with E-state index < -0.39 is 0 Å². The van der Waals surface area contributed by atoms with E-state index in [2.05, 4.69) is 32.4 Å². The lowest BCUT2D eigenvalue weighted by atomic mass is 10.1. The first-order chi connectivity index (χ1) is 9.20. The molecular formula is C14H13BrFN3. The van der Waals surface area contributed by atoms with E-state index in [9.17, 15) is 4.39 Å². The summed E-state index contributed by atoms with van der Waals surface area (Å²) in [4.78, 5) is 0. The Labute approximate surface area is 119 Å². The summed E-state index contributed by atoms with van der Waals surface area (Å²) >= 11 is 3.50. The van der Waals surface area contributed by atoms with E-state index in [-0.39, 0.29) is 5.82 Å². The second-order valence-electron chi connectivity index (χ2n) is 4.58. The topological polar surface area (TPSA) is 27.6 Å². The van der Waals surface area contributed by atoms with Gasteiger partial charge in [0.15, 0.2) is 0 Å². The molecule has 2 aliphatic heterocycles. The molecule has 5 heteroatoms. The van der Waals surface area contributed by atoms with E-state index >= 15 is 0 Å². The van der Waals surface area contributed by atoms with Crippen molar-refractivity contribution in [2.75, 3.05) is 13.1 Å². The smallest absolute Gasteiger partial charge is 0.123 e. The minimum absolute atomic E-state index is 0.209. The Bertz CT molecular complexity index is 575. The number of allylic oxidation sites excluding steroid dienone is 1. The molecule has 1 aromatic carbocycles. The molecule has 19 heavy (non-hydrogen) atoms. The Kier molecular flexibility index (Phi) is 3.38. The number of rotatable bonds is 2. The van der Waals surface area contributed by atoms with Gasteiger partial charge in [-0.05, 0) is 29.3 Å². The molecule has 0 spiro atoms. The Hall–Kier alpha value is -1.62. The third-order valence-electron chi connectivity index (χ3n) is 3.11. The number of dihydropyridines is 1. The van der Waals surface area contributed by atoms with Gasteiger partial charge in [0.05, 0.1) is 25.0 Å². The van der Waals surface area contributed by atoms with Gasteiger partial charge in [-0.2, -0.15) is 5.10 Å². The van der Waals surface area contributed by atoms with Gasteiger partial charge in [-0.3, -0.25) is 5.01 Å². The minimum Gasteiger partial charge on any atom is -0.379 e. The number of hydrogen-bond donors (Lipinski definition) is 1. The van der Waals surface area contributed by atoms with Crippen LogP contribution in [0.1, 0.15) is 5.56 Å². The predicted molar refractivity (Wildman–Crippen MR) is 77.3 cm³/mol. The van der Waals surface area contributed by atoms with Crippen LogP contribution in [0, 0.1) is 5.82 Å². The van der Waals surface area contributed by atoms with E-state index in [1.54, 1.807) is 12.1 Å². The maximum atomic E-state index is 12.9. The monoisotopic (exact) mass is 321 g/mol. The second-order valence-corrected chi connectivity index (χ2v) is 5.60. The van der Waals surface area contributed by atoms with Crippen LogP contribution in [0.25, 0.3) is 0 Å². The van der Waals surface area contributed by atoms with Crippen molar-refractivity contribution in [2.45, 2.75) is 6.54 Å². The van der Waals surface area contributed by atoms with Gasteiger partial charge in [0.2, 0.25) is 0 Å². The first-order valence-corrected chi connectivity index (χ1v) is 6.86. The SMILES string of the molecule is Fc1ccc(CN2CC3=C(C=N2)NCC(Br)=C3)cc1. The van der Waals surface area contributed by atoms with Crippen molar-refractivity contribution in [3.05, 3.63) is 57.5 Å². The van der Waals surface area contributed by atoms with Crippen molar-refractivity contribution >= 4 is 22.1 Å². The highest BCUT2D eigenvalue weighted by molar-refractivity contribution is 9.11. The first kappa shape index (κ1) is 12.4. The number of benzene rings is 1. The Morgan fingerprint density at radius 1 is 1.32 bits per heavy atom. The average Bonchev–Trinajstić information content (AvgIpc) is 2.41. The van der Waals surface area contributed by atoms with Crippen molar-refractivity contribution in [2.24, 2.45) is 5.10 Å². The molecule has 0 aliphatic carbocycles. The highest BCUT2D eigenvalue weighted by Gasteiger charge is 2.17. The standard InChI is InChI=1S/C14H13BrFN3/c15-12-5-11-9-19(18-7-14(11)17-6-12)8-10-1-3-13(16)4-2-10/h1-5,7,17H,6,8-9H2. The molecule has 3 nitrogen and oxygen atoms in total. The zero-order valence-corrected chi connectivity index (χ0v) is 11.8. The minimum atomic E-state index is -0.209. The molecule has 0 amide bonds. The molecule has 0 atom stereocenters. The molecule has 0 bridgehead atoms. The molecule has 0 unspecified atom stereocenters. The zero-order valence-electron chi connectivity index (χ0n) is 10.2. The van der Waals surface area contributed by atoms with Gasteiger partial charge in [-0.1, -0.05) is 28.1 Å². The first-order valence-electron chi connectivity index (χ1n) is 6.07. The van der Waals surface area contributed by atoms with Crippen molar-refractivity contribution < 1.29 is 4.39 Å². The van der Waals surface area contributed by atoms with Gasteiger partial charge in [-0.25, -0.2) is 4.39 Å². The maximum Gasteiger partial charge on any atom is 0.123 e. The van der Waals surface area contributed by atoms with E-state index in [0.717, 1.165) is 28.8 Å². The summed E-state index contributed by atoms with van der Waals surface area (Å²) in [5.74, 6) is -0.209. The summed E-state index contributed by atoms with van der Waals surface area (Å²) in [6.45, 7) is 2.24. The molecule has 2 aliphatic rings. The highest BCUT2D eigenvalue weighted by Crippen LogP contribution is 2.21. The van der Waals surface area contributed by atoms with E-state index in [1.807, 2.05) is 11.2 Å². The third-order valence-corrected chi connectivity index (χ3v) is 3.62. The molecule has 0 saturated heterocycles. The van der Waals surface area contributed by atoms with Crippen molar-refractivity contribution in [1.29, 1.82) is 0 Å². The normalized spacial score (nSPS) is 18.0. The Morgan fingerprint density at radius 2 is 2.11 bits per heavy atom. The number of hydrogen-bond acceptors (Lipinski definition) is 3. The number of nitrogens with one attached hydrogen (secondary N) is 1. The summed E-state index contributed by atoms with van der Waals surface area (Å²) in [5, 5.41) is 9.68. The summed E-state index contributed by atoms with van der Waals surface area (Å²) in [6, 6.07) is 6.54. The molecule has 1 aromatic rings. The average molecular weight is 322 g/mol. The van der Waals surface area contributed by atoms with Crippen LogP contribution in [0.3, 0.4) is 0 Å². The van der Waals surface area contributed by atoms with Crippen LogP contribution in [0.5, 0.6) is 0 Å². The van der Waals surface area contributed by atoms with Crippen molar-refractivity contribution in [3.8, 4) is 0 Å². The van der Waals surface area contributed by atoms with E-state index in [4.69, 9.17) is 0 Å². The molecule has 1 N–H and O–H groups in total. The van der Waals surface area contributed by atoms with Crippen LogP contribution < -0.4 is 5.32 Å². The van der Waals surface area contributed by atoms with Crippen LogP contribution in [0.2, 0.25) is 0 Å². The van der Waals surface area contributed by atoms with Gasteiger partial charge in [-0.15, -0.1) is 0 Å². The molecule has 0 fully saturated rings. The molecule has 98 valence electrons. The van der Waals surface area contributed by atoms with Crippen LogP contribution in [0.4, 0.5) is 4.39 Å². The fourth-order valence-corrected chi connectivity index (χ4v) is 2.56. The number of hydrazone groups is 1. The van der Waals surface area contributed by atoms with Gasteiger partial charge in [0, 0.05) is 11.0 Å². The lowest BCUT2D eigenvalue weighted by Crippen LogP contribution is -2.31. The summed E-state index contributed by atoms with van der Waals surface area (Å²) in [6.07, 6.45) is 3.98. The Balaban J connectivity index is 1.71. The fourth-order valence-electron chi connectivity index (χ4n) is 2.14. The number of nitrogens with zero attached hydrogens (tertiary/aromatic N) is 2. The predicted octanol–water partition coefficient (Wildman–Crippen LogP) is 2.76. The highest BCUT2D eigenvalue weighted by atomic mass is 79.9. The van der Waals surface area contributed by atoms with E-state index in [1.165, 1.54) is 17.7 Å². The van der Waals surface area contributed by atoms with Gasteiger partial charge in [0.25, 0.3) is 0 Å². The quantitative estimate of drug-likeness (QED) is 0.907. The zero-order chi connectivity index (χ0) is 13.2. The van der Waals surface area contributed by atoms with Gasteiger partial charge < -0.3 is 5.32 Å². The van der Waals surface area contributed by atoms with Gasteiger partial charge in [0.1, 0.15) is 5.82 Å². The van der Waals surface area contributed by atoms with Crippen LogP contribution in [-0.2, 0) is 6.54 Å². The Morgan fingerprint density at radius 3 is 2.89 bits per heavy atom. The molecule has 3 rings (SSSR count). The summed E-state index contributed by atoms with van der Waals surface area (Å²) in [5.41, 5.74) is 3.35. The lowest BCUT2D eigenvalue weighted by molar-refractivity contribution is 0.302. The van der Waals surface area contributed by atoms with Crippen LogP contribution in [-0.4, -0.2) is 24.3 Å². The largest absolute Gasteiger partial charge is 0.379 e. The van der Waals surface area contributed by atoms with E-state index in [0.29, 0.717) is 6.54 Å². The maximum absolute atomic E-state index is 12.9. The van der Waals surface area contributed by atoms with Crippen LogP contribution >= 0.6 is 15.9 Å². The van der Waals surface area contributed by atoms with Crippen LogP contribution in [0.15, 0.2) is 51.2 Å². The number of halogens is 2. The van der Waals surface area contributed by atoms with Crippen molar-refractivity contribution in [1.82, 2.24) is 10.3 Å². The summed E-state index contributed by atoms with van der Waals surface area (Å²) in [7, 11) is 0. The second kappa shape index (κ2) is 5.17. The molecule has 0 aromatic heterocycles. The van der Waals surface area contributed by atoms with Crippen molar-refractivity contribution in [3.63, 3.8) is 0 Å². The van der Waals surface area contributed by atoms with Gasteiger partial charge >= 0.3 is 0 Å². The lowest BCUT2D eigenvalue weighted by Gasteiger charge is -2.27.